The fraction of sp³-hybridized carbons (Fsp3) is 0.444. The van der Waals surface area contributed by atoms with E-state index < -0.39 is 0 Å². The second-order valence-corrected chi connectivity index (χ2v) is 3.57. The maximum Gasteiger partial charge on any atom is 0.204 e. The van der Waals surface area contributed by atoms with Crippen LogP contribution >= 0.6 is 11.5 Å². The average molecular weight is 238 g/mol. The van der Waals surface area contributed by atoms with Crippen LogP contribution in [0.1, 0.15) is 5.69 Å². The second kappa shape index (κ2) is 7.62. The van der Waals surface area contributed by atoms with Crippen molar-refractivity contribution in [3.63, 3.8) is 0 Å². The fourth-order valence-electron chi connectivity index (χ4n) is 1.05. The summed E-state index contributed by atoms with van der Waals surface area (Å²) in [6, 6.07) is 1.99. The van der Waals surface area contributed by atoms with Gasteiger partial charge in [0, 0.05) is 32.1 Å². The molecule has 3 N–H and O–H groups in total. The standard InChI is InChI=1S/C9H14N6S/c1-11-9(14-7-10)13-4-3-12-6-8-2-5-16-15-8/h2,5,12H,3-4,6H2,1H3,(H2,11,13,14). The lowest BCUT2D eigenvalue weighted by molar-refractivity contribution is 0.662. The summed E-state index contributed by atoms with van der Waals surface area (Å²) in [5.74, 6) is 0.484. The molecule has 0 saturated heterocycles. The summed E-state index contributed by atoms with van der Waals surface area (Å²) < 4.78 is 4.17. The van der Waals surface area contributed by atoms with Gasteiger partial charge in [-0.15, -0.1) is 0 Å². The van der Waals surface area contributed by atoms with Crippen LogP contribution in [-0.2, 0) is 6.54 Å². The first-order valence-corrected chi connectivity index (χ1v) is 5.66. The Morgan fingerprint density at radius 1 is 1.62 bits per heavy atom. The number of aromatic nitrogens is 1. The summed E-state index contributed by atoms with van der Waals surface area (Å²) in [6.45, 7) is 2.24. The molecule has 0 fully saturated rings. The summed E-state index contributed by atoms with van der Waals surface area (Å²) in [7, 11) is 1.62. The van der Waals surface area contributed by atoms with Crippen molar-refractivity contribution in [2.75, 3.05) is 20.1 Å². The van der Waals surface area contributed by atoms with Crippen molar-refractivity contribution >= 4 is 17.5 Å². The molecule has 1 aromatic heterocycles. The van der Waals surface area contributed by atoms with E-state index in [1.165, 1.54) is 11.5 Å². The Labute approximate surface area is 98.6 Å². The Hall–Kier alpha value is -1.65. The van der Waals surface area contributed by atoms with Crippen molar-refractivity contribution in [3.8, 4) is 6.19 Å². The Balaban J connectivity index is 2.06. The molecule has 1 heterocycles. The highest BCUT2D eigenvalue weighted by Crippen LogP contribution is 1.97. The number of nitrogens with one attached hydrogen (secondary N) is 3. The van der Waals surface area contributed by atoms with Crippen molar-refractivity contribution in [2.24, 2.45) is 4.99 Å². The van der Waals surface area contributed by atoms with Crippen LogP contribution in [0.5, 0.6) is 0 Å². The van der Waals surface area contributed by atoms with Crippen LogP contribution in [0.4, 0.5) is 0 Å². The highest BCUT2D eigenvalue weighted by molar-refractivity contribution is 7.03. The summed E-state index contributed by atoms with van der Waals surface area (Å²) in [6.07, 6.45) is 1.81. The van der Waals surface area contributed by atoms with Crippen molar-refractivity contribution in [1.82, 2.24) is 20.3 Å². The van der Waals surface area contributed by atoms with Crippen LogP contribution < -0.4 is 16.0 Å². The maximum atomic E-state index is 8.39. The molecular formula is C9H14N6S. The lowest BCUT2D eigenvalue weighted by Gasteiger charge is -2.07. The molecule has 86 valence electrons. The molecule has 16 heavy (non-hydrogen) atoms. The molecule has 0 unspecified atom stereocenters. The second-order valence-electron chi connectivity index (χ2n) is 2.90. The number of aliphatic imine (C=N–C) groups is 1. The van der Waals surface area contributed by atoms with Gasteiger partial charge in [0.15, 0.2) is 6.19 Å². The van der Waals surface area contributed by atoms with E-state index in [0.29, 0.717) is 12.5 Å². The van der Waals surface area contributed by atoms with Crippen molar-refractivity contribution < 1.29 is 0 Å². The molecule has 6 nitrogen and oxygen atoms in total. The van der Waals surface area contributed by atoms with Crippen LogP contribution in [0.15, 0.2) is 16.4 Å². The molecule has 0 aromatic carbocycles. The van der Waals surface area contributed by atoms with Gasteiger partial charge in [0.25, 0.3) is 0 Å². The first-order valence-electron chi connectivity index (χ1n) is 4.82. The fourth-order valence-corrected chi connectivity index (χ4v) is 1.59. The Bertz CT molecular complexity index is 353. The Kier molecular flexibility index (Phi) is 5.91. The lowest BCUT2D eigenvalue weighted by atomic mass is 10.4. The lowest BCUT2D eigenvalue weighted by Crippen LogP contribution is -2.38. The minimum Gasteiger partial charge on any atom is -0.354 e. The largest absolute Gasteiger partial charge is 0.354 e. The predicted molar refractivity (Wildman–Crippen MR) is 63.9 cm³/mol. The monoisotopic (exact) mass is 238 g/mol. The van der Waals surface area contributed by atoms with Gasteiger partial charge >= 0.3 is 0 Å². The smallest absolute Gasteiger partial charge is 0.204 e. The van der Waals surface area contributed by atoms with E-state index in [2.05, 4.69) is 25.3 Å². The predicted octanol–water partition coefficient (Wildman–Crippen LogP) is -0.121. The molecule has 1 aromatic rings. The van der Waals surface area contributed by atoms with Crippen LogP contribution in [0.3, 0.4) is 0 Å². The number of guanidine groups is 1. The molecule has 0 aliphatic carbocycles. The summed E-state index contributed by atoms with van der Waals surface area (Å²) in [5.41, 5.74) is 1.05. The zero-order valence-electron chi connectivity index (χ0n) is 9.03. The molecule has 0 bridgehead atoms. The van der Waals surface area contributed by atoms with Crippen molar-refractivity contribution in [1.29, 1.82) is 5.26 Å². The van der Waals surface area contributed by atoms with Gasteiger partial charge in [0.1, 0.15) is 0 Å². The van der Waals surface area contributed by atoms with Gasteiger partial charge in [-0.2, -0.15) is 9.64 Å². The van der Waals surface area contributed by atoms with Gasteiger partial charge in [0.2, 0.25) is 5.96 Å². The van der Waals surface area contributed by atoms with Crippen molar-refractivity contribution in [3.05, 3.63) is 17.1 Å². The SMILES string of the molecule is CN=C(NC#N)NCCNCc1ccsn1. The van der Waals surface area contributed by atoms with Crippen molar-refractivity contribution in [2.45, 2.75) is 6.54 Å². The van der Waals surface area contributed by atoms with E-state index in [4.69, 9.17) is 5.26 Å². The molecule has 0 atom stereocenters. The van der Waals surface area contributed by atoms with Gasteiger partial charge < -0.3 is 10.6 Å². The van der Waals surface area contributed by atoms with E-state index in [9.17, 15) is 0 Å². The highest BCUT2D eigenvalue weighted by Gasteiger charge is 1.95. The van der Waals surface area contributed by atoms with Gasteiger partial charge in [-0.3, -0.25) is 10.3 Å². The minimum atomic E-state index is 0.484. The highest BCUT2D eigenvalue weighted by atomic mass is 32.1. The number of hydrogen-bond donors (Lipinski definition) is 3. The summed E-state index contributed by atoms with van der Waals surface area (Å²) in [4.78, 5) is 3.86. The summed E-state index contributed by atoms with van der Waals surface area (Å²) in [5, 5.41) is 19.0. The van der Waals surface area contributed by atoms with Gasteiger partial charge in [-0.25, -0.2) is 0 Å². The molecule has 0 amide bonds. The van der Waals surface area contributed by atoms with Crippen LogP contribution in [-0.4, -0.2) is 30.5 Å². The molecular weight excluding hydrogens is 224 g/mol. The quantitative estimate of drug-likeness (QED) is 0.219. The van der Waals surface area contributed by atoms with Crippen LogP contribution in [0.25, 0.3) is 0 Å². The van der Waals surface area contributed by atoms with E-state index in [1.54, 1.807) is 7.05 Å². The number of hydrogen-bond acceptors (Lipinski definition) is 5. The topological polar surface area (TPSA) is 85.1 Å². The molecule has 0 aliphatic rings. The third-order valence-electron chi connectivity index (χ3n) is 1.79. The average Bonchev–Trinajstić information content (AvgIpc) is 2.80. The minimum absolute atomic E-state index is 0.484. The number of nitriles is 1. The van der Waals surface area contributed by atoms with Gasteiger partial charge in [-0.1, -0.05) is 0 Å². The maximum absolute atomic E-state index is 8.39. The molecule has 0 spiro atoms. The first kappa shape index (κ1) is 12.4. The molecule has 0 saturated carbocycles. The first-order chi connectivity index (χ1) is 7.86. The third-order valence-corrected chi connectivity index (χ3v) is 2.39. The van der Waals surface area contributed by atoms with Gasteiger partial charge in [-0.05, 0) is 17.6 Å². The molecule has 1 rings (SSSR count). The van der Waals surface area contributed by atoms with E-state index in [1.807, 2.05) is 17.6 Å². The van der Waals surface area contributed by atoms with Crippen LogP contribution in [0.2, 0.25) is 0 Å². The number of nitrogens with zero attached hydrogens (tertiary/aromatic N) is 3. The van der Waals surface area contributed by atoms with Crippen LogP contribution in [0, 0.1) is 11.5 Å². The summed E-state index contributed by atoms with van der Waals surface area (Å²) >= 11 is 1.45. The van der Waals surface area contributed by atoms with E-state index >= 15 is 0 Å². The number of rotatable bonds is 5. The molecule has 0 aliphatic heterocycles. The van der Waals surface area contributed by atoms with E-state index in [-0.39, 0.29) is 0 Å². The molecule has 7 heteroatoms. The van der Waals surface area contributed by atoms with E-state index in [0.717, 1.165) is 18.8 Å². The molecule has 0 radical (unpaired) electrons. The Morgan fingerprint density at radius 3 is 3.12 bits per heavy atom. The van der Waals surface area contributed by atoms with Gasteiger partial charge in [0.05, 0.1) is 5.69 Å². The third kappa shape index (κ3) is 4.72. The zero-order valence-corrected chi connectivity index (χ0v) is 9.84. The Morgan fingerprint density at radius 2 is 2.50 bits per heavy atom. The zero-order chi connectivity index (χ0) is 11.6. The normalized spacial score (nSPS) is 10.9.